The van der Waals surface area contributed by atoms with E-state index < -0.39 is 38.7 Å². The van der Waals surface area contributed by atoms with Gasteiger partial charge in [-0.15, -0.1) is 0 Å². The van der Waals surface area contributed by atoms with Crippen molar-refractivity contribution in [3.05, 3.63) is 12.7 Å². The molecule has 3 rings (SSSR count). The maximum atomic E-state index is 12.6. The van der Waals surface area contributed by atoms with Gasteiger partial charge in [0.15, 0.2) is 11.5 Å². The van der Waals surface area contributed by atoms with Crippen LogP contribution in [0.15, 0.2) is 12.7 Å². The van der Waals surface area contributed by atoms with E-state index in [0.29, 0.717) is 11.2 Å². The highest BCUT2D eigenvalue weighted by molar-refractivity contribution is 8.15. The summed E-state index contributed by atoms with van der Waals surface area (Å²) in [6.07, 6.45) is 1.06. The summed E-state index contributed by atoms with van der Waals surface area (Å²) in [4.78, 5) is 22.6. The summed E-state index contributed by atoms with van der Waals surface area (Å²) >= 11 is 0. The lowest BCUT2D eigenvalue weighted by atomic mass is 10.2. The first-order valence-electron chi connectivity index (χ1n) is 9.54. The molecule has 168 valence electrons. The van der Waals surface area contributed by atoms with E-state index in [0.717, 1.165) is 0 Å². The Morgan fingerprint density at radius 3 is 2.63 bits per heavy atom. The molecule has 3 heterocycles. The lowest BCUT2D eigenvalue weighted by molar-refractivity contribution is -0.0347. The zero-order chi connectivity index (χ0) is 22.3. The van der Waals surface area contributed by atoms with Gasteiger partial charge in [0, 0.05) is 12.1 Å². The van der Waals surface area contributed by atoms with Gasteiger partial charge in [0.25, 0.3) is 0 Å². The van der Waals surface area contributed by atoms with Crippen LogP contribution >= 0.6 is 23.6 Å². The fourth-order valence-electron chi connectivity index (χ4n) is 2.87. The summed E-state index contributed by atoms with van der Waals surface area (Å²) in [6, 6.07) is 0. The molecule has 3 unspecified atom stereocenters. The molecule has 0 saturated carbocycles. The minimum Gasteiger partial charge on any atom is -0.382 e. The number of hydrogen-bond donors (Lipinski definition) is 2. The predicted molar refractivity (Wildman–Crippen MR) is 117 cm³/mol. The van der Waals surface area contributed by atoms with Crippen LogP contribution in [0.25, 0.3) is 11.2 Å². The van der Waals surface area contributed by atoms with Crippen LogP contribution in [0, 0.1) is 0 Å². The summed E-state index contributed by atoms with van der Waals surface area (Å²) < 4.78 is 44.0. The SMILES string of the molecule is CC(C)P(=O)(O)O[C@H]1C[C@H](n2cnc3c(N)ncnc32)O[C@@H]1COP(=O)(P)C(C)C. The number of nitrogen functional groups attached to an aromatic ring is 1. The molecule has 0 aliphatic carbocycles. The molecule has 1 aliphatic rings. The highest BCUT2D eigenvalue weighted by Gasteiger charge is 2.43. The van der Waals surface area contributed by atoms with E-state index >= 15 is 0 Å². The first kappa shape index (κ1) is 23.7. The topological polar surface area (TPSA) is 152 Å². The Labute approximate surface area is 177 Å². The van der Waals surface area contributed by atoms with Crippen LogP contribution in [0.1, 0.15) is 40.3 Å². The third kappa shape index (κ3) is 4.94. The average Bonchev–Trinajstić information content (AvgIpc) is 3.24. The Hall–Kier alpha value is -0.920. The first-order valence-corrected chi connectivity index (χ1v) is 14.5. The van der Waals surface area contributed by atoms with E-state index in [2.05, 4.69) is 23.9 Å². The van der Waals surface area contributed by atoms with Gasteiger partial charge < -0.3 is 24.4 Å². The van der Waals surface area contributed by atoms with Crippen molar-refractivity contribution in [3.63, 3.8) is 0 Å². The second-order valence-electron chi connectivity index (χ2n) is 7.78. The summed E-state index contributed by atoms with van der Waals surface area (Å²) in [5, 5.41) is 0. The highest BCUT2D eigenvalue weighted by atomic mass is 32.0. The van der Waals surface area contributed by atoms with Crippen LogP contribution in [0.5, 0.6) is 0 Å². The van der Waals surface area contributed by atoms with Crippen molar-refractivity contribution in [1.82, 2.24) is 19.5 Å². The molecule has 0 radical (unpaired) electrons. The molecule has 2 aromatic heterocycles. The number of anilines is 1. The molecular formula is C16H28N5O6P3. The third-order valence-corrected chi connectivity index (χ3v) is 11.1. The van der Waals surface area contributed by atoms with Crippen LogP contribution in [-0.2, 0) is 22.9 Å². The first-order chi connectivity index (χ1) is 13.9. The summed E-state index contributed by atoms with van der Waals surface area (Å²) in [6.45, 7) is 6.75. The number of rotatable bonds is 8. The molecule has 0 spiro atoms. The van der Waals surface area contributed by atoms with E-state index in [4.69, 9.17) is 19.5 Å². The Morgan fingerprint density at radius 2 is 2.00 bits per heavy atom. The van der Waals surface area contributed by atoms with Crippen molar-refractivity contribution >= 4 is 40.6 Å². The molecular weight excluding hydrogens is 451 g/mol. The quantitative estimate of drug-likeness (QED) is 0.540. The van der Waals surface area contributed by atoms with Gasteiger partial charge in [-0.1, -0.05) is 27.7 Å². The predicted octanol–water partition coefficient (Wildman–Crippen LogP) is 3.17. The summed E-state index contributed by atoms with van der Waals surface area (Å²) in [5.74, 6) is 0.241. The Kier molecular flexibility index (Phi) is 7.05. The van der Waals surface area contributed by atoms with Crippen LogP contribution in [-0.4, -0.2) is 54.5 Å². The molecule has 0 amide bonds. The lowest BCUT2D eigenvalue weighted by Crippen LogP contribution is -2.29. The van der Waals surface area contributed by atoms with Gasteiger partial charge in [0.2, 0.25) is 7.06 Å². The Balaban J connectivity index is 1.86. The van der Waals surface area contributed by atoms with E-state index in [1.807, 2.05) is 0 Å². The number of nitrogens with zero attached hydrogens (tertiary/aromatic N) is 4. The Morgan fingerprint density at radius 1 is 1.30 bits per heavy atom. The molecule has 0 bridgehead atoms. The van der Waals surface area contributed by atoms with Crippen LogP contribution in [0.2, 0.25) is 0 Å². The second kappa shape index (κ2) is 8.91. The van der Waals surface area contributed by atoms with Crippen molar-refractivity contribution in [2.45, 2.75) is 63.9 Å². The normalized spacial score (nSPS) is 26.3. The monoisotopic (exact) mass is 479 g/mol. The molecule has 6 atom stereocenters. The summed E-state index contributed by atoms with van der Waals surface area (Å²) in [7, 11) is -4.56. The number of fused-ring (bicyclic) bond motifs is 1. The molecule has 3 N–H and O–H groups in total. The molecule has 14 heteroatoms. The van der Waals surface area contributed by atoms with E-state index in [9.17, 15) is 14.0 Å². The fourth-order valence-corrected chi connectivity index (χ4v) is 4.66. The summed E-state index contributed by atoms with van der Waals surface area (Å²) in [5.41, 5.74) is 5.98. The van der Waals surface area contributed by atoms with Gasteiger partial charge >= 0.3 is 7.60 Å². The van der Waals surface area contributed by atoms with Crippen LogP contribution in [0.4, 0.5) is 5.82 Å². The minimum atomic E-state index is -3.87. The van der Waals surface area contributed by atoms with Gasteiger partial charge in [-0.25, -0.2) is 15.0 Å². The van der Waals surface area contributed by atoms with Gasteiger partial charge in [0.1, 0.15) is 24.2 Å². The van der Waals surface area contributed by atoms with Crippen molar-refractivity contribution in [2.24, 2.45) is 0 Å². The zero-order valence-electron chi connectivity index (χ0n) is 17.3. The fraction of sp³-hybridized carbons (Fsp3) is 0.688. The van der Waals surface area contributed by atoms with E-state index in [1.54, 1.807) is 32.3 Å². The van der Waals surface area contributed by atoms with Crippen molar-refractivity contribution in [1.29, 1.82) is 0 Å². The maximum Gasteiger partial charge on any atom is 0.330 e. The van der Waals surface area contributed by atoms with Crippen molar-refractivity contribution in [2.75, 3.05) is 12.3 Å². The minimum absolute atomic E-state index is 0.0536. The van der Waals surface area contributed by atoms with Crippen LogP contribution < -0.4 is 5.73 Å². The van der Waals surface area contributed by atoms with E-state index in [1.165, 1.54) is 12.7 Å². The molecule has 11 nitrogen and oxygen atoms in total. The van der Waals surface area contributed by atoms with Crippen molar-refractivity contribution in [3.8, 4) is 0 Å². The smallest absolute Gasteiger partial charge is 0.330 e. The van der Waals surface area contributed by atoms with Gasteiger partial charge in [-0.05, 0) is 8.93 Å². The lowest BCUT2D eigenvalue weighted by Gasteiger charge is -2.25. The number of aromatic nitrogens is 4. The van der Waals surface area contributed by atoms with E-state index in [-0.39, 0.29) is 24.5 Å². The zero-order valence-corrected chi connectivity index (χ0v) is 20.2. The molecule has 0 aromatic carbocycles. The molecule has 1 aliphatic heterocycles. The van der Waals surface area contributed by atoms with Gasteiger partial charge in [0.05, 0.1) is 24.7 Å². The van der Waals surface area contributed by atoms with Gasteiger partial charge in [-0.3, -0.25) is 13.7 Å². The van der Waals surface area contributed by atoms with Gasteiger partial charge in [-0.2, -0.15) is 0 Å². The largest absolute Gasteiger partial charge is 0.382 e. The molecule has 30 heavy (non-hydrogen) atoms. The standard InChI is InChI=1S/C16H28N5O6P3/c1-9(2)29(22,23)27-11-5-13(26-12(11)6-25-30(24,28)10(3)4)21-8-20-14-15(17)18-7-19-16(14)21/h7-13H,5-6,28H2,1-4H3,(H,22,23)(H2,17,18,19)/t11-,12+,13+,30?/m0/s1. The average molecular weight is 479 g/mol. The highest BCUT2D eigenvalue weighted by Crippen LogP contribution is 2.60. The molecule has 2 aromatic rings. The number of nitrogens with two attached hydrogens (primary N) is 1. The molecule has 1 fully saturated rings. The second-order valence-corrected chi connectivity index (χ2v) is 14.9. The van der Waals surface area contributed by atoms with Crippen molar-refractivity contribution < 1.29 is 27.8 Å². The number of hydrogen-bond acceptors (Lipinski definition) is 9. The van der Waals surface area contributed by atoms with Crippen LogP contribution in [0.3, 0.4) is 0 Å². The molecule has 1 saturated heterocycles. The Bertz CT molecular complexity index is 999. The number of ether oxygens (including phenoxy) is 1. The third-order valence-electron chi connectivity index (χ3n) is 4.98. The number of imidazole rings is 1. The maximum absolute atomic E-state index is 12.6.